The summed E-state index contributed by atoms with van der Waals surface area (Å²) in [5.41, 5.74) is 0.740. The predicted molar refractivity (Wildman–Crippen MR) is 71.3 cm³/mol. The summed E-state index contributed by atoms with van der Waals surface area (Å²) in [5, 5.41) is 13.2. The minimum Gasteiger partial charge on any atom is -0.496 e. The molecular weight excluding hydrogens is 268 g/mol. The molecule has 2 aromatic rings. The van der Waals surface area contributed by atoms with Crippen molar-refractivity contribution in [2.45, 2.75) is 19.3 Å². The van der Waals surface area contributed by atoms with Crippen molar-refractivity contribution in [2.75, 3.05) is 13.7 Å². The lowest BCUT2D eigenvalue weighted by atomic mass is 10.2. The fourth-order valence-corrected chi connectivity index (χ4v) is 1.87. The Labute approximate surface area is 116 Å². The predicted octanol–water partition coefficient (Wildman–Crippen LogP) is 2.71. The van der Waals surface area contributed by atoms with Crippen LogP contribution in [0, 0.1) is 0 Å². The molecule has 0 saturated carbocycles. The van der Waals surface area contributed by atoms with Crippen LogP contribution in [0.5, 0.6) is 5.75 Å². The molecule has 6 heteroatoms. The van der Waals surface area contributed by atoms with Gasteiger partial charge in [-0.3, -0.25) is 0 Å². The molecule has 0 spiro atoms. The monoisotopic (exact) mass is 282 g/mol. The zero-order valence-corrected chi connectivity index (χ0v) is 11.4. The third-order valence-corrected chi connectivity index (χ3v) is 2.91. The summed E-state index contributed by atoms with van der Waals surface area (Å²) in [7, 11) is 1.57. The Balaban J connectivity index is 2.18. The molecule has 1 N–H and O–H groups in total. The molecule has 0 bridgehead atoms. The first-order valence-corrected chi connectivity index (χ1v) is 6.39. The van der Waals surface area contributed by atoms with Crippen LogP contribution in [0.2, 0.25) is 5.02 Å². The van der Waals surface area contributed by atoms with E-state index in [1.165, 1.54) is 0 Å². The average Bonchev–Trinajstić information content (AvgIpc) is 2.87. The molecule has 0 atom stereocenters. The number of nitrogens with zero attached hydrogens (tertiary/aromatic N) is 2. The average molecular weight is 283 g/mol. The van der Waals surface area contributed by atoms with Crippen molar-refractivity contribution in [3.63, 3.8) is 0 Å². The summed E-state index contributed by atoms with van der Waals surface area (Å²) in [5.74, 6) is 1.64. The zero-order valence-electron chi connectivity index (χ0n) is 10.6. The van der Waals surface area contributed by atoms with Gasteiger partial charge in [-0.1, -0.05) is 16.8 Å². The van der Waals surface area contributed by atoms with E-state index in [0.717, 1.165) is 18.4 Å². The highest BCUT2D eigenvalue weighted by molar-refractivity contribution is 6.30. The quantitative estimate of drug-likeness (QED) is 0.825. The first-order valence-electron chi connectivity index (χ1n) is 6.02. The van der Waals surface area contributed by atoms with E-state index in [9.17, 15) is 0 Å². The van der Waals surface area contributed by atoms with Crippen molar-refractivity contribution in [1.82, 2.24) is 10.1 Å². The molecule has 0 aliphatic carbocycles. The van der Waals surface area contributed by atoms with Gasteiger partial charge in [-0.25, -0.2) is 0 Å². The summed E-state index contributed by atoms with van der Waals surface area (Å²) in [6.07, 6.45) is 2.20. The van der Waals surface area contributed by atoms with Gasteiger partial charge in [-0.15, -0.1) is 0 Å². The Morgan fingerprint density at radius 2 is 2.21 bits per heavy atom. The van der Waals surface area contributed by atoms with Gasteiger partial charge in [0.2, 0.25) is 11.7 Å². The normalized spacial score (nSPS) is 10.7. The second-order valence-corrected chi connectivity index (χ2v) is 4.47. The van der Waals surface area contributed by atoms with E-state index >= 15 is 0 Å². The molecule has 5 nitrogen and oxygen atoms in total. The lowest BCUT2D eigenvalue weighted by Gasteiger charge is -2.04. The smallest absolute Gasteiger partial charge is 0.226 e. The van der Waals surface area contributed by atoms with E-state index in [4.69, 9.17) is 26.0 Å². The van der Waals surface area contributed by atoms with Crippen LogP contribution >= 0.6 is 11.6 Å². The molecule has 1 aromatic heterocycles. The largest absolute Gasteiger partial charge is 0.496 e. The first-order chi connectivity index (χ1) is 9.24. The van der Waals surface area contributed by atoms with Crippen molar-refractivity contribution >= 4 is 11.6 Å². The molecule has 102 valence electrons. The van der Waals surface area contributed by atoms with E-state index in [-0.39, 0.29) is 6.61 Å². The second kappa shape index (κ2) is 6.54. The zero-order chi connectivity index (χ0) is 13.7. The van der Waals surface area contributed by atoms with Crippen LogP contribution < -0.4 is 4.74 Å². The van der Waals surface area contributed by atoms with Gasteiger partial charge >= 0.3 is 0 Å². The van der Waals surface area contributed by atoms with Crippen molar-refractivity contribution in [2.24, 2.45) is 0 Å². The van der Waals surface area contributed by atoms with Crippen molar-refractivity contribution < 1.29 is 14.4 Å². The van der Waals surface area contributed by atoms with E-state index < -0.39 is 0 Å². The van der Waals surface area contributed by atoms with Crippen molar-refractivity contribution in [3.05, 3.63) is 29.1 Å². The summed E-state index contributed by atoms with van der Waals surface area (Å²) in [4.78, 5) is 4.31. The third-order valence-electron chi connectivity index (χ3n) is 2.67. The number of aliphatic hydroxyl groups excluding tert-OH is 1. The summed E-state index contributed by atoms with van der Waals surface area (Å²) < 4.78 is 10.4. The number of ether oxygens (including phenoxy) is 1. The standard InChI is InChI=1S/C13H15ClN2O3/c1-18-11-8-9(14)5-6-10(11)13-15-12(19-16-13)4-2-3-7-17/h5-6,8,17H,2-4,7H2,1H3. The fraction of sp³-hybridized carbons (Fsp3) is 0.385. The lowest BCUT2D eigenvalue weighted by Crippen LogP contribution is -1.91. The lowest BCUT2D eigenvalue weighted by molar-refractivity contribution is 0.281. The molecule has 19 heavy (non-hydrogen) atoms. The molecular formula is C13H15ClN2O3. The Kier molecular flexibility index (Phi) is 4.76. The molecule has 2 rings (SSSR count). The topological polar surface area (TPSA) is 68.4 Å². The minimum absolute atomic E-state index is 0.173. The molecule has 0 fully saturated rings. The van der Waals surface area contributed by atoms with Gasteiger partial charge in [0.15, 0.2) is 0 Å². The van der Waals surface area contributed by atoms with Gasteiger partial charge in [0.05, 0.1) is 12.7 Å². The van der Waals surface area contributed by atoms with E-state index in [1.54, 1.807) is 25.3 Å². The molecule has 1 aromatic carbocycles. The van der Waals surface area contributed by atoms with Crippen LogP contribution in [0.15, 0.2) is 22.7 Å². The molecule has 0 saturated heterocycles. The maximum atomic E-state index is 8.73. The Bertz CT molecular complexity index is 542. The number of rotatable bonds is 6. The van der Waals surface area contributed by atoms with Crippen LogP contribution in [0.3, 0.4) is 0 Å². The highest BCUT2D eigenvalue weighted by Gasteiger charge is 2.13. The number of hydrogen-bond acceptors (Lipinski definition) is 5. The molecule has 0 aliphatic rings. The Morgan fingerprint density at radius 1 is 1.37 bits per heavy atom. The summed E-state index contributed by atoms with van der Waals surface area (Å²) in [6.45, 7) is 0.173. The summed E-state index contributed by atoms with van der Waals surface area (Å²) >= 11 is 5.90. The van der Waals surface area contributed by atoms with Crippen LogP contribution in [-0.2, 0) is 6.42 Å². The van der Waals surface area contributed by atoms with Gasteiger partial charge in [0, 0.05) is 18.1 Å². The number of benzene rings is 1. The van der Waals surface area contributed by atoms with E-state index in [1.807, 2.05) is 0 Å². The molecule has 0 unspecified atom stereocenters. The summed E-state index contributed by atoms with van der Waals surface area (Å²) in [6, 6.07) is 5.25. The molecule has 0 radical (unpaired) electrons. The van der Waals surface area contributed by atoms with Crippen LogP contribution in [0.4, 0.5) is 0 Å². The van der Waals surface area contributed by atoms with Gasteiger partial charge in [0.25, 0.3) is 0 Å². The van der Waals surface area contributed by atoms with Crippen molar-refractivity contribution in [1.29, 1.82) is 0 Å². The highest BCUT2D eigenvalue weighted by atomic mass is 35.5. The Morgan fingerprint density at radius 3 is 2.95 bits per heavy atom. The molecule has 0 aliphatic heterocycles. The maximum Gasteiger partial charge on any atom is 0.226 e. The number of aryl methyl sites for hydroxylation is 1. The number of aliphatic hydroxyl groups is 1. The van der Waals surface area contributed by atoms with Crippen LogP contribution in [0.25, 0.3) is 11.4 Å². The molecule has 1 heterocycles. The fourth-order valence-electron chi connectivity index (χ4n) is 1.70. The van der Waals surface area contributed by atoms with Crippen LogP contribution in [0.1, 0.15) is 18.7 Å². The van der Waals surface area contributed by atoms with Gasteiger partial charge in [-0.05, 0) is 31.0 Å². The number of halogens is 1. The van der Waals surface area contributed by atoms with E-state index in [0.29, 0.717) is 28.9 Å². The van der Waals surface area contributed by atoms with Crippen molar-refractivity contribution in [3.8, 4) is 17.1 Å². The number of hydrogen-bond donors (Lipinski definition) is 1. The second-order valence-electron chi connectivity index (χ2n) is 4.04. The van der Waals surface area contributed by atoms with E-state index in [2.05, 4.69) is 10.1 Å². The van der Waals surface area contributed by atoms with Crippen LogP contribution in [-0.4, -0.2) is 29.0 Å². The highest BCUT2D eigenvalue weighted by Crippen LogP contribution is 2.30. The maximum absolute atomic E-state index is 8.73. The third kappa shape index (κ3) is 3.45. The van der Waals surface area contributed by atoms with Gasteiger partial charge in [0.1, 0.15) is 5.75 Å². The number of aromatic nitrogens is 2. The minimum atomic E-state index is 0.173. The Hall–Kier alpha value is -1.59. The SMILES string of the molecule is COc1cc(Cl)ccc1-c1noc(CCCCO)n1. The number of methoxy groups -OCH3 is 1. The first kappa shape index (κ1) is 13.8. The van der Waals surface area contributed by atoms with Gasteiger partial charge in [-0.2, -0.15) is 4.98 Å². The molecule has 0 amide bonds. The van der Waals surface area contributed by atoms with Gasteiger partial charge < -0.3 is 14.4 Å². The number of unbranched alkanes of at least 4 members (excludes halogenated alkanes) is 1.